The van der Waals surface area contributed by atoms with Gasteiger partial charge in [0, 0.05) is 30.4 Å². The molecule has 1 fully saturated rings. The van der Waals surface area contributed by atoms with Crippen LogP contribution in [-0.2, 0) is 9.59 Å². The van der Waals surface area contributed by atoms with E-state index >= 15 is 0 Å². The monoisotopic (exact) mass is 499 g/mol. The Kier molecular flexibility index (Phi) is 6.06. The maximum atomic E-state index is 14.1. The Morgan fingerprint density at radius 1 is 1.08 bits per heavy atom. The second kappa shape index (κ2) is 9.10. The molecule has 7 nitrogen and oxygen atoms in total. The summed E-state index contributed by atoms with van der Waals surface area (Å²) >= 11 is 0. The Balaban J connectivity index is 1.59. The number of fused-ring (bicyclic) bond motifs is 1. The number of nitrogens with zero attached hydrogens (tertiary/aromatic N) is 5. The van der Waals surface area contributed by atoms with Gasteiger partial charge in [0.15, 0.2) is 0 Å². The standard InChI is InChI=1S/C29H30FN5O2/c1-18-14-21(6-11-25(18)33-16-19(2)31-17-33)15-24-27(37)35(20(3)22-7-9-23(30)10-8-22)28-32-26(36)12-13-34(28)29(24,4)5/h6-11,14-17,20H,12-13H2,1-5H3/b24-15-. The molecular weight excluding hydrogens is 469 g/mol. The van der Waals surface area contributed by atoms with Crippen LogP contribution in [0.5, 0.6) is 0 Å². The number of benzene rings is 2. The Bertz CT molecular complexity index is 1450. The Hall–Kier alpha value is -4.07. The number of amides is 2. The smallest absolute Gasteiger partial charge is 0.259 e. The van der Waals surface area contributed by atoms with Crippen molar-refractivity contribution in [2.75, 3.05) is 6.54 Å². The van der Waals surface area contributed by atoms with Gasteiger partial charge < -0.3 is 9.47 Å². The highest BCUT2D eigenvalue weighted by Crippen LogP contribution is 2.39. The van der Waals surface area contributed by atoms with Gasteiger partial charge in [-0.15, -0.1) is 0 Å². The van der Waals surface area contributed by atoms with Crippen molar-refractivity contribution in [2.24, 2.45) is 4.99 Å². The van der Waals surface area contributed by atoms with Crippen LogP contribution < -0.4 is 0 Å². The van der Waals surface area contributed by atoms with Gasteiger partial charge in [-0.3, -0.25) is 14.5 Å². The van der Waals surface area contributed by atoms with E-state index < -0.39 is 11.6 Å². The molecule has 2 aliphatic rings. The fraction of sp³-hybridized carbons (Fsp3) is 0.310. The maximum Gasteiger partial charge on any atom is 0.259 e. The van der Waals surface area contributed by atoms with Gasteiger partial charge in [0.25, 0.3) is 11.8 Å². The van der Waals surface area contributed by atoms with Gasteiger partial charge >= 0.3 is 0 Å². The van der Waals surface area contributed by atoms with Crippen LogP contribution in [0.3, 0.4) is 0 Å². The van der Waals surface area contributed by atoms with Crippen LogP contribution in [-0.4, -0.2) is 49.2 Å². The fourth-order valence-corrected chi connectivity index (χ4v) is 5.13. The summed E-state index contributed by atoms with van der Waals surface area (Å²) < 4.78 is 15.6. The zero-order valence-corrected chi connectivity index (χ0v) is 21.7. The average molecular weight is 500 g/mol. The molecule has 5 rings (SSSR count). The molecule has 1 aromatic heterocycles. The van der Waals surface area contributed by atoms with Gasteiger partial charge in [-0.05, 0) is 81.7 Å². The van der Waals surface area contributed by atoms with Crippen molar-refractivity contribution in [1.29, 1.82) is 0 Å². The van der Waals surface area contributed by atoms with E-state index in [1.165, 1.54) is 12.1 Å². The summed E-state index contributed by atoms with van der Waals surface area (Å²) in [5.41, 5.74) is 4.57. The number of rotatable bonds is 4. The molecule has 0 bridgehead atoms. The molecule has 8 heteroatoms. The number of halogens is 1. The van der Waals surface area contributed by atoms with E-state index in [1.807, 2.05) is 68.5 Å². The highest BCUT2D eigenvalue weighted by Gasteiger charge is 2.49. The summed E-state index contributed by atoms with van der Waals surface area (Å²) in [5.74, 6) is -0.473. The number of aromatic nitrogens is 2. The molecule has 0 aliphatic carbocycles. The van der Waals surface area contributed by atoms with Crippen LogP contribution in [0.4, 0.5) is 4.39 Å². The summed E-state index contributed by atoms with van der Waals surface area (Å²) in [4.78, 5) is 38.6. The molecule has 2 amide bonds. The van der Waals surface area contributed by atoms with Crippen molar-refractivity contribution in [3.63, 3.8) is 0 Å². The highest BCUT2D eigenvalue weighted by molar-refractivity contribution is 6.15. The quantitative estimate of drug-likeness (QED) is 0.475. The van der Waals surface area contributed by atoms with E-state index in [-0.39, 0.29) is 24.1 Å². The van der Waals surface area contributed by atoms with Crippen molar-refractivity contribution in [3.05, 3.63) is 88.8 Å². The summed E-state index contributed by atoms with van der Waals surface area (Å²) in [5, 5.41) is 0. The van der Waals surface area contributed by atoms with Crippen LogP contribution >= 0.6 is 0 Å². The lowest BCUT2D eigenvalue weighted by Gasteiger charge is -2.52. The molecule has 1 unspecified atom stereocenters. The molecular formula is C29H30FN5O2. The molecule has 0 N–H and O–H groups in total. The molecule has 3 heterocycles. The summed E-state index contributed by atoms with van der Waals surface area (Å²) in [6.07, 6.45) is 5.97. The zero-order valence-electron chi connectivity index (χ0n) is 21.7. The van der Waals surface area contributed by atoms with Crippen molar-refractivity contribution < 1.29 is 14.0 Å². The van der Waals surface area contributed by atoms with Gasteiger partial charge in [0.05, 0.1) is 23.6 Å². The van der Waals surface area contributed by atoms with Crippen molar-refractivity contribution in [3.8, 4) is 5.69 Å². The normalized spacial score (nSPS) is 19.2. The lowest BCUT2D eigenvalue weighted by atomic mass is 9.85. The first-order chi connectivity index (χ1) is 17.6. The van der Waals surface area contributed by atoms with Crippen LogP contribution in [0, 0.1) is 19.7 Å². The number of aliphatic imine (C=N–C) groups is 1. The highest BCUT2D eigenvalue weighted by atomic mass is 19.1. The molecule has 37 heavy (non-hydrogen) atoms. The number of imidazole rings is 1. The first-order valence-electron chi connectivity index (χ1n) is 12.4. The van der Waals surface area contributed by atoms with Crippen molar-refractivity contribution in [2.45, 2.75) is 52.6 Å². The summed E-state index contributed by atoms with van der Waals surface area (Å²) in [6, 6.07) is 11.7. The van der Waals surface area contributed by atoms with Crippen LogP contribution in [0.15, 0.2) is 65.6 Å². The van der Waals surface area contributed by atoms with E-state index in [9.17, 15) is 14.0 Å². The lowest BCUT2D eigenvalue weighted by Crippen LogP contribution is -2.65. The minimum absolute atomic E-state index is 0.224. The SMILES string of the molecule is Cc1cn(-c2ccc(/C=C3/C(=O)N(C(C)c4ccc(F)cc4)C4=NC(=O)CCN4C3(C)C)cc2C)cn1. The molecule has 0 spiro atoms. The molecule has 1 atom stereocenters. The van der Waals surface area contributed by atoms with Gasteiger partial charge in [-0.25, -0.2) is 9.37 Å². The molecule has 1 saturated heterocycles. The minimum Gasteiger partial charge on any atom is -0.332 e. The molecule has 0 saturated carbocycles. The number of hydrogen-bond acceptors (Lipinski definition) is 4. The van der Waals surface area contributed by atoms with Crippen molar-refractivity contribution in [1.82, 2.24) is 19.4 Å². The first kappa shape index (κ1) is 24.6. The van der Waals surface area contributed by atoms with Crippen molar-refractivity contribution >= 4 is 23.8 Å². The third kappa shape index (κ3) is 4.37. The largest absolute Gasteiger partial charge is 0.332 e. The zero-order chi connectivity index (χ0) is 26.5. The summed E-state index contributed by atoms with van der Waals surface area (Å²) in [7, 11) is 0. The Labute approximate surface area is 215 Å². The minimum atomic E-state index is -0.691. The molecule has 0 radical (unpaired) electrons. The average Bonchev–Trinajstić information content (AvgIpc) is 3.28. The number of carbonyl (C=O) groups is 2. The first-order valence-corrected chi connectivity index (χ1v) is 12.4. The second-order valence-electron chi connectivity index (χ2n) is 10.2. The number of guanidine groups is 1. The van der Waals surface area contributed by atoms with E-state index in [2.05, 4.69) is 16.0 Å². The van der Waals surface area contributed by atoms with Gasteiger partial charge in [-0.1, -0.05) is 18.2 Å². The van der Waals surface area contributed by atoms with Gasteiger partial charge in [-0.2, -0.15) is 4.99 Å². The third-order valence-corrected chi connectivity index (χ3v) is 7.28. The lowest BCUT2D eigenvalue weighted by molar-refractivity contribution is -0.129. The van der Waals surface area contributed by atoms with Crippen LogP contribution in [0.1, 0.15) is 55.6 Å². The number of aryl methyl sites for hydroxylation is 2. The fourth-order valence-electron chi connectivity index (χ4n) is 5.13. The van der Waals surface area contributed by atoms with Crippen LogP contribution in [0.2, 0.25) is 0 Å². The predicted octanol–water partition coefficient (Wildman–Crippen LogP) is 4.98. The maximum absolute atomic E-state index is 14.1. The van der Waals surface area contributed by atoms with Gasteiger partial charge in [0.1, 0.15) is 5.82 Å². The Morgan fingerprint density at radius 2 is 1.81 bits per heavy atom. The molecule has 2 aromatic carbocycles. The van der Waals surface area contributed by atoms with Crippen LogP contribution in [0.25, 0.3) is 11.8 Å². The predicted molar refractivity (Wildman–Crippen MR) is 141 cm³/mol. The Morgan fingerprint density at radius 3 is 2.46 bits per heavy atom. The second-order valence-corrected chi connectivity index (χ2v) is 10.2. The summed E-state index contributed by atoms with van der Waals surface area (Å²) in [6.45, 7) is 10.3. The van der Waals surface area contributed by atoms with E-state index in [0.29, 0.717) is 18.1 Å². The molecule has 190 valence electrons. The number of carbonyl (C=O) groups excluding carboxylic acids is 2. The van der Waals surface area contributed by atoms with Gasteiger partial charge in [0.2, 0.25) is 5.96 Å². The topological polar surface area (TPSA) is 70.8 Å². The third-order valence-electron chi connectivity index (χ3n) is 7.28. The van der Waals surface area contributed by atoms with E-state index in [4.69, 9.17) is 0 Å². The molecule has 2 aliphatic heterocycles. The van der Waals surface area contributed by atoms with E-state index in [1.54, 1.807) is 23.4 Å². The number of hydrogen-bond donors (Lipinski definition) is 0. The molecule has 3 aromatic rings. The van der Waals surface area contributed by atoms with E-state index in [0.717, 1.165) is 28.1 Å².